The van der Waals surface area contributed by atoms with Crippen LogP contribution in [0.2, 0.25) is 0 Å². The maximum atomic E-state index is 8.28. The van der Waals surface area contributed by atoms with Gasteiger partial charge in [0.15, 0.2) is 0 Å². The lowest BCUT2D eigenvalue weighted by Crippen LogP contribution is -1.81. The first-order valence-electron chi connectivity index (χ1n) is 6.18. The summed E-state index contributed by atoms with van der Waals surface area (Å²) < 4.78 is 0. The smallest absolute Gasteiger partial charge is 0.0660 e. The maximum absolute atomic E-state index is 8.28. The molecule has 0 bridgehead atoms. The average Bonchev–Trinajstić information content (AvgIpc) is 2.25. The van der Waals surface area contributed by atoms with E-state index in [9.17, 15) is 0 Å². The van der Waals surface area contributed by atoms with Gasteiger partial charge in [-0.15, -0.1) is 0 Å². The van der Waals surface area contributed by atoms with Gasteiger partial charge in [0.1, 0.15) is 0 Å². The van der Waals surface area contributed by atoms with Crippen LogP contribution in [0.25, 0.3) is 0 Å². The molecule has 17 heavy (non-hydrogen) atoms. The molecule has 1 N–H and O–H groups in total. The fraction of sp³-hybridized carbons (Fsp3) is 0.533. The molecule has 96 valence electrons. The molecule has 2 heteroatoms. The molecule has 0 saturated carbocycles. The van der Waals surface area contributed by atoms with Gasteiger partial charge < -0.3 is 5.21 Å². The van der Waals surface area contributed by atoms with Crippen LogP contribution in [0.3, 0.4) is 0 Å². The third kappa shape index (κ3) is 11.0. The van der Waals surface area contributed by atoms with Crippen molar-refractivity contribution < 1.29 is 5.21 Å². The molecule has 0 unspecified atom stereocenters. The monoisotopic (exact) mass is 235 g/mol. The van der Waals surface area contributed by atoms with E-state index in [0.29, 0.717) is 0 Å². The molecule has 0 aliphatic rings. The van der Waals surface area contributed by atoms with Crippen molar-refractivity contribution in [3.05, 3.63) is 34.9 Å². The lowest BCUT2D eigenvalue weighted by atomic mass is 10.1. The van der Waals surface area contributed by atoms with Gasteiger partial charge in [0.25, 0.3) is 0 Å². The van der Waals surface area contributed by atoms with Crippen molar-refractivity contribution in [1.82, 2.24) is 0 Å². The summed E-state index contributed by atoms with van der Waals surface area (Å²) in [4.78, 5) is 0. The van der Waals surface area contributed by atoms with E-state index < -0.39 is 0 Å². The lowest BCUT2D eigenvalue weighted by Gasteiger charge is -2.00. The summed E-state index contributed by atoms with van der Waals surface area (Å²) in [5, 5.41) is 11.2. The van der Waals surface area contributed by atoms with Crippen LogP contribution in [-0.2, 0) is 0 Å². The number of rotatable bonds is 7. The van der Waals surface area contributed by atoms with Crippen LogP contribution in [0.15, 0.2) is 40.1 Å². The van der Waals surface area contributed by atoms with E-state index in [2.05, 4.69) is 38.1 Å². The van der Waals surface area contributed by atoms with Crippen molar-refractivity contribution in [2.45, 2.75) is 53.4 Å². The summed E-state index contributed by atoms with van der Waals surface area (Å²) in [6, 6.07) is 0. The van der Waals surface area contributed by atoms with Gasteiger partial charge in [-0.05, 0) is 59.5 Å². The summed E-state index contributed by atoms with van der Waals surface area (Å²) in [5.41, 5.74) is 4.07. The minimum absolute atomic E-state index is 1.02. The zero-order chi connectivity index (χ0) is 13.1. The average molecular weight is 235 g/mol. The number of nitrogens with zero attached hydrogens (tertiary/aromatic N) is 1. The van der Waals surface area contributed by atoms with Crippen LogP contribution >= 0.6 is 0 Å². The van der Waals surface area contributed by atoms with Crippen molar-refractivity contribution in [2.24, 2.45) is 5.16 Å². The molecule has 0 aromatic carbocycles. The predicted molar refractivity (Wildman–Crippen MR) is 75.7 cm³/mol. The Kier molecular flexibility index (Phi) is 9.12. The van der Waals surface area contributed by atoms with Crippen molar-refractivity contribution in [3.8, 4) is 0 Å². The van der Waals surface area contributed by atoms with E-state index in [1.165, 1.54) is 22.9 Å². The highest BCUT2D eigenvalue weighted by Gasteiger charge is 1.91. The number of hydrogen-bond donors (Lipinski definition) is 1. The van der Waals surface area contributed by atoms with Gasteiger partial charge in [0.05, 0.1) is 6.21 Å². The fourth-order valence-electron chi connectivity index (χ4n) is 1.48. The third-order valence-electron chi connectivity index (χ3n) is 2.55. The van der Waals surface area contributed by atoms with E-state index >= 15 is 0 Å². The summed E-state index contributed by atoms with van der Waals surface area (Å²) >= 11 is 0. The summed E-state index contributed by atoms with van der Waals surface area (Å²) in [6.07, 6.45) is 12.2. The Bertz CT molecular complexity index is 318. The molecule has 0 spiro atoms. The summed E-state index contributed by atoms with van der Waals surface area (Å²) in [7, 11) is 0. The van der Waals surface area contributed by atoms with E-state index in [-0.39, 0.29) is 0 Å². The molecule has 0 aromatic heterocycles. The van der Waals surface area contributed by atoms with Crippen molar-refractivity contribution in [2.75, 3.05) is 0 Å². The van der Waals surface area contributed by atoms with Crippen molar-refractivity contribution in [3.63, 3.8) is 0 Å². The minimum atomic E-state index is 1.02. The van der Waals surface area contributed by atoms with Gasteiger partial charge in [-0.3, -0.25) is 0 Å². The molecular formula is C15H25NO. The van der Waals surface area contributed by atoms with E-state index in [1.807, 2.05) is 13.0 Å². The maximum Gasteiger partial charge on any atom is 0.0660 e. The second-order valence-corrected chi connectivity index (χ2v) is 4.69. The highest BCUT2D eigenvalue weighted by molar-refractivity contribution is 5.71. The van der Waals surface area contributed by atoms with Gasteiger partial charge in [0, 0.05) is 0 Å². The minimum Gasteiger partial charge on any atom is -0.411 e. The van der Waals surface area contributed by atoms with Gasteiger partial charge in [-0.1, -0.05) is 34.0 Å². The highest BCUT2D eigenvalue weighted by Crippen LogP contribution is 2.10. The van der Waals surface area contributed by atoms with E-state index in [4.69, 9.17) is 5.21 Å². The first-order valence-corrected chi connectivity index (χ1v) is 6.18. The molecule has 2 nitrogen and oxygen atoms in total. The Morgan fingerprint density at radius 3 is 2.12 bits per heavy atom. The molecule has 0 aliphatic heterocycles. The molecule has 0 radical (unpaired) electrons. The van der Waals surface area contributed by atoms with Crippen LogP contribution in [0.5, 0.6) is 0 Å². The molecule has 0 aliphatic carbocycles. The first-order chi connectivity index (χ1) is 8.06. The largest absolute Gasteiger partial charge is 0.411 e. The number of oxime groups is 1. The second-order valence-electron chi connectivity index (χ2n) is 4.69. The van der Waals surface area contributed by atoms with E-state index in [0.717, 1.165) is 25.7 Å². The Balaban J connectivity index is 3.88. The zero-order valence-electron chi connectivity index (χ0n) is 11.5. The van der Waals surface area contributed by atoms with Crippen LogP contribution in [-0.4, -0.2) is 11.4 Å². The topological polar surface area (TPSA) is 32.6 Å². The highest BCUT2D eigenvalue weighted by atomic mass is 16.4. The SMILES string of the molecule is CC(C)=CCC/C(C)=C/CC/C(C)=C/C=N\O. The molecule has 0 heterocycles. The van der Waals surface area contributed by atoms with Crippen molar-refractivity contribution >= 4 is 6.21 Å². The Morgan fingerprint density at radius 2 is 1.53 bits per heavy atom. The fourth-order valence-corrected chi connectivity index (χ4v) is 1.48. The van der Waals surface area contributed by atoms with E-state index in [1.54, 1.807) is 0 Å². The second kappa shape index (κ2) is 9.88. The predicted octanol–water partition coefficient (Wildman–Crippen LogP) is 4.87. The van der Waals surface area contributed by atoms with Crippen LogP contribution < -0.4 is 0 Å². The summed E-state index contributed by atoms with van der Waals surface area (Å²) in [6.45, 7) is 8.51. The molecule has 0 aromatic rings. The van der Waals surface area contributed by atoms with Gasteiger partial charge in [0.2, 0.25) is 0 Å². The zero-order valence-corrected chi connectivity index (χ0v) is 11.5. The molecular weight excluding hydrogens is 210 g/mol. The third-order valence-corrected chi connectivity index (χ3v) is 2.55. The van der Waals surface area contributed by atoms with Gasteiger partial charge in [-0.25, -0.2) is 0 Å². The first kappa shape index (κ1) is 15.7. The van der Waals surface area contributed by atoms with Gasteiger partial charge in [-0.2, -0.15) is 0 Å². The van der Waals surface area contributed by atoms with Gasteiger partial charge >= 0.3 is 0 Å². The Hall–Kier alpha value is -1.31. The molecule has 0 rings (SSSR count). The lowest BCUT2D eigenvalue weighted by molar-refractivity contribution is 0.322. The van der Waals surface area contributed by atoms with Crippen LogP contribution in [0, 0.1) is 0 Å². The van der Waals surface area contributed by atoms with Crippen LogP contribution in [0.1, 0.15) is 53.4 Å². The standard InChI is InChI=1S/C15H25NO/c1-13(2)7-5-8-14(3)9-6-10-15(4)11-12-16-17/h7,9,11-12,17H,5-6,8,10H2,1-4H3/b14-9+,15-11+,16-12-. The normalized spacial score (nSPS) is 13.2. The Labute approximate surface area is 105 Å². The quantitative estimate of drug-likeness (QED) is 0.290. The number of allylic oxidation sites excluding steroid dienone is 6. The summed E-state index contributed by atoms with van der Waals surface area (Å²) in [5.74, 6) is 0. The molecule has 0 amide bonds. The molecule has 0 atom stereocenters. The molecule has 0 saturated heterocycles. The Morgan fingerprint density at radius 1 is 0.941 bits per heavy atom. The molecule has 0 fully saturated rings. The van der Waals surface area contributed by atoms with Crippen LogP contribution in [0.4, 0.5) is 0 Å². The van der Waals surface area contributed by atoms with Crippen molar-refractivity contribution in [1.29, 1.82) is 0 Å². The number of hydrogen-bond acceptors (Lipinski definition) is 2.